The molecule has 0 radical (unpaired) electrons. The van der Waals surface area contributed by atoms with Crippen molar-refractivity contribution in [3.63, 3.8) is 0 Å². The van der Waals surface area contributed by atoms with Gasteiger partial charge in [-0.25, -0.2) is 4.98 Å². The molecule has 58 valence electrons. The lowest BCUT2D eigenvalue weighted by atomic mass is 10.3. The number of nitrogens with two attached hydrogens (primary N) is 1. The molecule has 0 saturated carbocycles. The van der Waals surface area contributed by atoms with Crippen molar-refractivity contribution >= 4 is 12.0 Å². The fourth-order valence-corrected chi connectivity index (χ4v) is 0.582. The van der Waals surface area contributed by atoms with Crippen LogP contribution in [0.4, 0.5) is 0 Å². The van der Waals surface area contributed by atoms with Crippen LogP contribution in [0, 0.1) is 0 Å². The summed E-state index contributed by atoms with van der Waals surface area (Å²) in [4.78, 5) is 14.1. The molecular formula is C6H8N4O. The van der Waals surface area contributed by atoms with Crippen molar-refractivity contribution in [1.82, 2.24) is 15.2 Å². The van der Waals surface area contributed by atoms with E-state index in [0.717, 1.165) is 0 Å². The van der Waals surface area contributed by atoms with Gasteiger partial charge in [0.15, 0.2) is 0 Å². The monoisotopic (exact) mass is 152 g/mol. The Bertz CT molecular complexity index is 252. The number of hydrogen-bond donors (Lipinski definition) is 2. The standard InChI is InChI=1S/C6H8N4O/c7-5(11)2-1-3-6-8-4-9-10-6/h1,3-4H,2H2,(H2,7,11)(H,8,9,10). The highest BCUT2D eigenvalue weighted by molar-refractivity contribution is 5.76. The third-order valence-electron chi connectivity index (χ3n) is 1.03. The van der Waals surface area contributed by atoms with Crippen molar-refractivity contribution in [1.29, 1.82) is 0 Å². The van der Waals surface area contributed by atoms with Gasteiger partial charge in [-0.05, 0) is 6.08 Å². The minimum absolute atomic E-state index is 0.223. The molecule has 11 heavy (non-hydrogen) atoms. The molecule has 0 saturated heterocycles. The average molecular weight is 152 g/mol. The van der Waals surface area contributed by atoms with E-state index in [1.807, 2.05) is 0 Å². The summed E-state index contributed by atoms with van der Waals surface area (Å²) in [6.45, 7) is 0. The third kappa shape index (κ3) is 2.61. The Morgan fingerprint density at radius 3 is 3.18 bits per heavy atom. The molecule has 5 nitrogen and oxygen atoms in total. The van der Waals surface area contributed by atoms with Gasteiger partial charge in [0.2, 0.25) is 5.91 Å². The summed E-state index contributed by atoms with van der Waals surface area (Å²) < 4.78 is 0. The molecule has 1 rings (SSSR count). The van der Waals surface area contributed by atoms with Crippen LogP contribution in [0.15, 0.2) is 12.4 Å². The molecule has 0 aliphatic carbocycles. The highest BCUT2D eigenvalue weighted by Crippen LogP contribution is 1.91. The predicted molar refractivity (Wildman–Crippen MR) is 39.2 cm³/mol. The van der Waals surface area contributed by atoms with Gasteiger partial charge in [0.05, 0.1) is 0 Å². The highest BCUT2D eigenvalue weighted by Gasteiger charge is 1.88. The lowest BCUT2D eigenvalue weighted by Gasteiger charge is -1.82. The number of primary amides is 1. The van der Waals surface area contributed by atoms with Gasteiger partial charge in [0.25, 0.3) is 0 Å². The van der Waals surface area contributed by atoms with E-state index in [0.29, 0.717) is 5.82 Å². The molecule has 0 aliphatic heterocycles. The van der Waals surface area contributed by atoms with Gasteiger partial charge in [0.1, 0.15) is 12.2 Å². The molecule has 0 spiro atoms. The molecule has 3 N–H and O–H groups in total. The summed E-state index contributed by atoms with van der Waals surface area (Å²) in [6, 6.07) is 0. The number of H-pyrrole nitrogens is 1. The number of nitrogens with one attached hydrogen (secondary N) is 1. The van der Waals surface area contributed by atoms with Crippen molar-refractivity contribution in [2.75, 3.05) is 0 Å². The summed E-state index contributed by atoms with van der Waals surface area (Å²) in [5, 5.41) is 6.23. The molecule has 0 aliphatic rings. The van der Waals surface area contributed by atoms with Crippen LogP contribution >= 0.6 is 0 Å². The van der Waals surface area contributed by atoms with Crippen LogP contribution in [-0.2, 0) is 4.79 Å². The first-order valence-electron chi connectivity index (χ1n) is 3.09. The molecule has 1 amide bonds. The van der Waals surface area contributed by atoms with E-state index in [1.165, 1.54) is 6.33 Å². The fraction of sp³-hybridized carbons (Fsp3) is 0.167. The Labute approximate surface area is 63.3 Å². The van der Waals surface area contributed by atoms with Crippen LogP contribution in [0.2, 0.25) is 0 Å². The number of nitrogens with zero attached hydrogens (tertiary/aromatic N) is 2. The summed E-state index contributed by atoms with van der Waals surface area (Å²) in [6.07, 6.45) is 4.89. The zero-order valence-corrected chi connectivity index (χ0v) is 5.82. The predicted octanol–water partition coefficient (Wildman–Crippen LogP) is -0.307. The van der Waals surface area contributed by atoms with E-state index in [2.05, 4.69) is 15.2 Å². The van der Waals surface area contributed by atoms with Crippen molar-refractivity contribution in [3.8, 4) is 0 Å². The quantitative estimate of drug-likeness (QED) is 0.623. The number of carbonyl (C=O) groups is 1. The van der Waals surface area contributed by atoms with Crippen LogP contribution in [0.3, 0.4) is 0 Å². The van der Waals surface area contributed by atoms with Gasteiger partial charge in [-0.2, -0.15) is 5.10 Å². The Morgan fingerprint density at radius 1 is 1.82 bits per heavy atom. The number of aromatic nitrogens is 3. The molecule has 0 unspecified atom stereocenters. The molecule has 0 bridgehead atoms. The Morgan fingerprint density at radius 2 is 2.64 bits per heavy atom. The topological polar surface area (TPSA) is 84.7 Å². The maximum atomic E-state index is 10.3. The number of hydrogen-bond acceptors (Lipinski definition) is 3. The van der Waals surface area contributed by atoms with E-state index < -0.39 is 0 Å². The second kappa shape index (κ2) is 3.50. The molecule has 0 fully saturated rings. The molecule has 0 aromatic carbocycles. The van der Waals surface area contributed by atoms with Gasteiger partial charge in [-0.15, -0.1) is 0 Å². The van der Waals surface area contributed by atoms with Crippen LogP contribution in [0.1, 0.15) is 12.2 Å². The van der Waals surface area contributed by atoms with Gasteiger partial charge in [0, 0.05) is 6.42 Å². The number of carbonyl (C=O) groups excluding carboxylic acids is 1. The van der Waals surface area contributed by atoms with E-state index in [-0.39, 0.29) is 12.3 Å². The zero-order chi connectivity index (χ0) is 8.10. The maximum Gasteiger partial charge on any atom is 0.221 e. The van der Waals surface area contributed by atoms with E-state index in [1.54, 1.807) is 12.2 Å². The molecule has 1 aromatic rings. The number of rotatable bonds is 3. The summed E-state index contributed by atoms with van der Waals surface area (Å²) in [5.74, 6) is 0.256. The fourth-order valence-electron chi connectivity index (χ4n) is 0.582. The summed E-state index contributed by atoms with van der Waals surface area (Å²) in [5.41, 5.74) is 4.90. The molecular weight excluding hydrogens is 144 g/mol. The summed E-state index contributed by atoms with van der Waals surface area (Å²) >= 11 is 0. The highest BCUT2D eigenvalue weighted by atomic mass is 16.1. The smallest absolute Gasteiger partial charge is 0.221 e. The Balaban J connectivity index is 2.43. The lowest BCUT2D eigenvalue weighted by molar-refractivity contribution is -0.117. The number of amides is 1. The molecule has 1 aromatic heterocycles. The number of aromatic amines is 1. The van der Waals surface area contributed by atoms with Crippen molar-refractivity contribution in [2.45, 2.75) is 6.42 Å². The normalized spacial score (nSPS) is 10.5. The van der Waals surface area contributed by atoms with Crippen LogP contribution in [0.5, 0.6) is 0 Å². The van der Waals surface area contributed by atoms with Crippen molar-refractivity contribution in [3.05, 3.63) is 18.2 Å². The average Bonchev–Trinajstić information content (AvgIpc) is 2.39. The second-order valence-electron chi connectivity index (χ2n) is 1.94. The van der Waals surface area contributed by atoms with Crippen LogP contribution in [-0.4, -0.2) is 21.1 Å². The van der Waals surface area contributed by atoms with E-state index >= 15 is 0 Å². The van der Waals surface area contributed by atoms with Crippen molar-refractivity contribution < 1.29 is 4.79 Å². The minimum Gasteiger partial charge on any atom is -0.369 e. The summed E-state index contributed by atoms with van der Waals surface area (Å²) in [7, 11) is 0. The van der Waals surface area contributed by atoms with Crippen LogP contribution in [0.25, 0.3) is 6.08 Å². The van der Waals surface area contributed by atoms with Gasteiger partial charge in [-0.1, -0.05) is 6.08 Å². The SMILES string of the molecule is NC(=O)CC=Cc1ncn[nH]1. The van der Waals surface area contributed by atoms with Gasteiger partial charge >= 0.3 is 0 Å². The Kier molecular flexibility index (Phi) is 2.37. The largest absolute Gasteiger partial charge is 0.369 e. The van der Waals surface area contributed by atoms with Crippen LogP contribution < -0.4 is 5.73 Å². The second-order valence-corrected chi connectivity index (χ2v) is 1.94. The zero-order valence-electron chi connectivity index (χ0n) is 5.82. The van der Waals surface area contributed by atoms with Crippen molar-refractivity contribution in [2.24, 2.45) is 5.73 Å². The minimum atomic E-state index is -0.360. The third-order valence-corrected chi connectivity index (χ3v) is 1.03. The Hall–Kier alpha value is -1.65. The van der Waals surface area contributed by atoms with Gasteiger partial charge < -0.3 is 5.73 Å². The maximum absolute atomic E-state index is 10.3. The molecule has 5 heteroatoms. The first-order chi connectivity index (χ1) is 5.29. The van der Waals surface area contributed by atoms with E-state index in [4.69, 9.17) is 5.73 Å². The van der Waals surface area contributed by atoms with Gasteiger partial charge in [-0.3, -0.25) is 9.89 Å². The van der Waals surface area contributed by atoms with E-state index in [9.17, 15) is 4.79 Å². The first-order valence-corrected chi connectivity index (χ1v) is 3.09. The lowest BCUT2D eigenvalue weighted by Crippen LogP contribution is -2.07. The molecule has 1 heterocycles. The first kappa shape index (κ1) is 7.46. The molecule has 0 atom stereocenters.